The van der Waals surface area contributed by atoms with Crippen LogP contribution < -0.4 is 15.8 Å². The van der Waals surface area contributed by atoms with Crippen molar-refractivity contribution in [3.8, 4) is 5.75 Å². The van der Waals surface area contributed by atoms with Gasteiger partial charge in [-0.25, -0.2) is 0 Å². The molecule has 0 aliphatic carbocycles. The second-order valence-electron chi connectivity index (χ2n) is 5.85. The number of benzene rings is 1. The van der Waals surface area contributed by atoms with Gasteiger partial charge in [0.15, 0.2) is 0 Å². The zero-order valence-electron chi connectivity index (χ0n) is 13.3. The first-order chi connectivity index (χ1) is 11.4. The van der Waals surface area contributed by atoms with Crippen LogP contribution in [0.25, 0.3) is 0 Å². The second-order valence-corrected chi connectivity index (χ2v) is 5.85. The third-order valence-corrected chi connectivity index (χ3v) is 3.88. The molecule has 5 nitrogen and oxygen atoms in total. The minimum Gasteiger partial charge on any atom is -0.406 e. The van der Waals surface area contributed by atoms with Crippen molar-refractivity contribution < 1.29 is 22.7 Å². The van der Waals surface area contributed by atoms with Gasteiger partial charge in [0.2, 0.25) is 5.91 Å². The quantitative estimate of drug-likeness (QED) is 0.826. The Morgan fingerprint density at radius 1 is 1.33 bits per heavy atom. The lowest BCUT2D eigenvalue weighted by Crippen LogP contribution is -2.43. The summed E-state index contributed by atoms with van der Waals surface area (Å²) in [5, 5.41) is 2.80. The summed E-state index contributed by atoms with van der Waals surface area (Å²) in [6, 6.07) is 5.83. The normalized spacial score (nSPS) is 19.1. The lowest BCUT2D eigenvalue weighted by atomic mass is 9.96. The molecular formula is C16H22F3N3O2. The zero-order chi connectivity index (χ0) is 17.6. The minimum absolute atomic E-state index is 0.0130. The number of alkyl halides is 3. The fourth-order valence-corrected chi connectivity index (χ4v) is 2.81. The molecule has 1 saturated heterocycles. The van der Waals surface area contributed by atoms with Gasteiger partial charge in [-0.3, -0.25) is 9.69 Å². The maximum absolute atomic E-state index is 12.1. The van der Waals surface area contributed by atoms with Gasteiger partial charge in [0.05, 0.1) is 5.92 Å². The predicted octanol–water partition coefficient (Wildman–Crippen LogP) is 1.87. The van der Waals surface area contributed by atoms with Crippen molar-refractivity contribution in [1.29, 1.82) is 0 Å². The average molecular weight is 345 g/mol. The number of nitrogens with two attached hydrogens (primary N) is 1. The molecule has 8 heteroatoms. The van der Waals surface area contributed by atoms with E-state index in [2.05, 4.69) is 15.0 Å². The van der Waals surface area contributed by atoms with Gasteiger partial charge in [0, 0.05) is 26.2 Å². The van der Waals surface area contributed by atoms with E-state index < -0.39 is 6.36 Å². The average Bonchev–Trinajstić information content (AvgIpc) is 2.53. The molecule has 1 aliphatic heterocycles. The number of piperidine rings is 1. The van der Waals surface area contributed by atoms with E-state index in [1.54, 1.807) is 12.1 Å². The lowest BCUT2D eigenvalue weighted by molar-refractivity contribution is -0.274. The number of nitrogens with one attached hydrogen (secondary N) is 1. The molecule has 0 aromatic heterocycles. The molecule has 1 unspecified atom stereocenters. The van der Waals surface area contributed by atoms with Crippen LogP contribution in [-0.2, 0) is 11.3 Å². The molecule has 0 spiro atoms. The second kappa shape index (κ2) is 8.34. The van der Waals surface area contributed by atoms with E-state index in [1.165, 1.54) is 12.1 Å². The maximum Gasteiger partial charge on any atom is 0.573 e. The Morgan fingerprint density at radius 2 is 2.04 bits per heavy atom. The topological polar surface area (TPSA) is 67.6 Å². The fraction of sp³-hybridized carbons (Fsp3) is 0.562. The van der Waals surface area contributed by atoms with Crippen molar-refractivity contribution in [2.24, 2.45) is 11.7 Å². The predicted molar refractivity (Wildman–Crippen MR) is 83.2 cm³/mol. The molecule has 0 radical (unpaired) electrons. The lowest BCUT2D eigenvalue weighted by Gasteiger charge is -2.32. The van der Waals surface area contributed by atoms with Crippen LogP contribution in [0.15, 0.2) is 24.3 Å². The van der Waals surface area contributed by atoms with Crippen molar-refractivity contribution in [3.63, 3.8) is 0 Å². The number of likely N-dealkylation sites (tertiary alicyclic amines) is 1. The van der Waals surface area contributed by atoms with Crippen LogP contribution in [-0.4, -0.2) is 43.3 Å². The van der Waals surface area contributed by atoms with Gasteiger partial charge >= 0.3 is 6.36 Å². The Balaban J connectivity index is 1.87. The standard InChI is InChI=1S/C16H22F3N3O2/c17-16(18,19)24-14-5-3-12(4-6-14)10-22-9-1-2-13(11-22)15(23)21-8-7-20/h3-6,13H,1-2,7-11,20H2,(H,21,23). The first-order valence-corrected chi connectivity index (χ1v) is 7.92. The molecule has 1 aromatic carbocycles. The summed E-state index contributed by atoms with van der Waals surface area (Å²) < 4.78 is 40.3. The van der Waals surface area contributed by atoms with Gasteiger partial charge in [-0.1, -0.05) is 12.1 Å². The molecule has 1 aromatic rings. The van der Waals surface area contributed by atoms with Crippen LogP contribution in [0, 0.1) is 5.92 Å². The van der Waals surface area contributed by atoms with Crippen molar-refractivity contribution in [3.05, 3.63) is 29.8 Å². The van der Waals surface area contributed by atoms with Gasteiger partial charge in [0.1, 0.15) is 5.75 Å². The smallest absolute Gasteiger partial charge is 0.406 e. The van der Waals surface area contributed by atoms with Gasteiger partial charge in [-0.05, 0) is 37.1 Å². The van der Waals surface area contributed by atoms with Crippen LogP contribution in [0.1, 0.15) is 18.4 Å². The summed E-state index contributed by atoms with van der Waals surface area (Å²) in [6.45, 7) is 2.97. The van der Waals surface area contributed by atoms with Crippen LogP contribution in [0.4, 0.5) is 13.2 Å². The largest absolute Gasteiger partial charge is 0.573 e. The van der Waals surface area contributed by atoms with Gasteiger partial charge in [-0.2, -0.15) is 0 Å². The molecule has 1 atom stereocenters. The number of carbonyl (C=O) groups excluding carboxylic acids is 1. The molecule has 3 N–H and O–H groups in total. The molecule has 2 rings (SSSR count). The van der Waals surface area contributed by atoms with Crippen LogP contribution in [0.5, 0.6) is 5.75 Å². The molecule has 1 heterocycles. The van der Waals surface area contributed by atoms with Crippen molar-refractivity contribution in [2.45, 2.75) is 25.7 Å². The van der Waals surface area contributed by atoms with E-state index in [0.29, 0.717) is 26.2 Å². The SMILES string of the molecule is NCCNC(=O)C1CCCN(Cc2ccc(OC(F)(F)F)cc2)C1. The monoisotopic (exact) mass is 345 g/mol. The fourth-order valence-electron chi connectivity index (χ4n) is 2.81. The van der Waals surface area contributed by atoms with E-state index in [1.807, 2.05) is 0 Å². The van der Waals surface area contributed by atoms with Crippen molar-refractivity contribution in [2.75, 3.05) is 26.2 Å². The molecule has 1 aliphatic rings. The van der Waals surface area contributed by atoms with Crippen molar-refractivity contribution in [1.82, 2.24) is 10.2 Å². The number of nitrogens with zero attached hydrogens (tertiary/aromatic N) is 1. The molecule has 134 valence electrons. The number of halogens is 3. The highest BCUT2D eigenvalue weighted by atomic mass is 19.4. The number of amides is 1. The van der Waals surface area contributed by atoms with E-state index in [-0.39, 0.29) is 17.6 Å². The highest BCUT2D eigenvalue weighted by molar-refractivity contribution is 5.78. The Morgan fingerprint density at radius 3 is 2.67 bits per heavy atom. The minimum atomic E-state index is -4.68. The molecule has 1 amide bonds. The number of ether oxygens (including phenoxy) is 1. The third-order valence-electron chi connectivity index (χ3n) is 3.88. The molecule has 1 fully saturated rings. The molecular weight excluding hydrogens is 323 g/mol. The molecule has 24 heavy (non-hydrogen) atoms. The highest BCUT2D eigenvalue weighted by Crippen LogP contribution is 2.24. The third kappa shape index (κ3) is 6.01. The first-order valence-electron chi connectivity index (χ1n) is 7.92. The zero-order valence-corrected chi connectivity index (χ0v) is 13.3. The van der Waals surface area contributed by atoms with E-state index in [0.717, 1.165) is 24.9 Å². The summed E-state index contributed by atoms with van der Waals surface area (Å²) in [4.78, 5) is 14.2. The Hall–Kier alpha value is -1.80. The Kier molecular flexibility index (Phi) is 6.44. The van der Waals surface area contributed by atoms with Gasteiger partial charge in [0.25, 0.3) is 0 Å². The summed E-state index contributed by atoms with van der Waals surface area (Å²) in [5.41, 5.74) is 6.26. The summed E-state index contributed by atoms with van der Waals surface area (Å²) in [6.07, 6.45) is -2.93. The van der Waals surface area contributed by atoms with Crippen molar-refractivity contribution >= 4 is 5.91 Å². The van der Waals surface area contributed by atoms with Crippen LogP contribution in [0.3, 0.4) is 0 Å². The maximum atomic E-state index is 12.1. The summed E-state index contributed by atoms with van der Waals surface area (Å²) >= 11 is 0. The number of rotatable bonds is 6. The Labute approximate surface area is 138 Å². The summed E-state index contributed by atoms with van der Waals surface area (Å²) in [7, 11) is 0. The van der Waals surface area contributed by atoms with Gasteiger partial charge < -0.3 is 15.8 Å². The Bertz CT molecular complexity index is 534. The van der Waals surface area contributed by atoms with E-state index in [9.17, 15) is 18.0 Å². The van der Waals surface area contributed by atoms with E-state index in [4.69, 9.17) is 5.73 Å². The number of carbonyl (C=O) groups is 1. The summed E-state index contributed by atoms with van der Waals surface area (Å²) in [5.74, 6) is -0.291. The first kappa shape index (κ1) is 18.5. The highest BCUT2D eigenvalue weighted by Gasteiger charge is 2.31. The number of hydrogen-bond donors (Lipinski definition) is 2. The van der Waals surface area contributed by atoms with Gasteiger partial charge in [-0.15, -0.1) is 13.2 Å². The number of hydrogen-bond acceptors (Lipinski definition) is 4. The van der Waals surface area contributed by atoms with E-state index >= 15 is 0 Å². The van der Waals surface area contributed by atoms with Crippen LogP contribution in [0.2, 0.25) is 0 Å². The molecule has 0 bridgehead atoms. The molecule has 0 saturated carbocycles. The van der Waals surface area contributed by atoms with Crippen LogP contribution >= 0.6 is 0 Å².